The fourth-order valence-corrected chi connectivity index (χ4v) is 6.33. The first-order valence-corrected chi connectivity index (χ1v) is 10.0. The van der Waals surface area contributed by atoms with Crippen LogP contribution in [-0.4, -0.2) is 12.8 Å². The topological polar surface area (TPSA) is 21.6 Å². The van der Waals surface area contributed by atoms with Crippen LogP contribution in [0.3, 0.4) is 0 Å². The molecule has 2 aliphatic carbocycles. The third-order valence-corrected chi connectivity index (χ3v) is 7.27. The van der Waals surface area contributed by atoms with Crippen molar-refractivity contribution >= 4 is 28.9 Å². The molecule has 4 heteroatoms. The largest absolute Gasteiger partial charge is 0.399 e. The van der Waals surface area contributed by atoms with Crippen LogP contribution in [0.15, 0.2) is 11.2 Å². The smallest absolute Gasteiger partial charge is 0.106 e. The minimum Gasteiger partial charge on any atom is -0.399 e. The van der Waals surface area contributed by atoms with Crippen molar-refractivity contribution in [3.05, 3.63) is 32.8 Å². The van der Waals surface area contributed by atoms with Crippen LogP contribution in [-0.2, 0) is 10.3 Å². The fraction of sp³-hybridized carbons (Fsp3) is 0.667. The summed E-state index contributed by atoms with van der Waals surface area (Å²) in [6, 6.07) is 2.16. The molecule has 2 aliphatic rings. The highest BCUT2D eigenvalue weighted by Crippen LogP contribution is 2.58. The highest BCUT2D eigenvalue weighted by molar-refractivity contribution is 6.39. The highest BCUT2D eigenvalue weighted by Gasteiger charge is 2.52. The lowest BCUT2D eigenvalue weighted by Gasteiger charge is -2.54. The highest BCUT2D eigenvalue weighted by atomic mass is 35.5. The van der Waals surface area contributed by atoms with E-state index in [4.69, 9.17) is 28.0 Å². The molecule has 0 spiro atoms. The molecule has 138 valence electrons. The Kier molecular flexibility index (Phi) is 4.92. The number of halogens is 2. The first-order valence-electron chi connectivity index (χ1n) is 9.26. The lowest BCUT2D eigenvalue weighted by molar-refractivity contribution is 0.0563. The van der Waals surface area contributed by atoms with Gasteiger partial charge in [-0.05, 0) is 59.1 Å². The Balaban J connectivity index is 2.32. The quantitative estimate of drug-likeness (QED) is 0.507. The third kappa shape index (κ3) is 2.90. The van der Waals surface area contributed by atoms with Gasteiger partial charge in [-0.1, -0.05) is 69.4 Å². The molecule has 0 heterocycles. The van der Waals surface area contributed by atoms with Gasteiger partial charge in [0.2, 0.25) is 0 Å². The van der Waals surface area contributed by atoms with Crippen LogP contribution in [0, 0.1) is 11.3 Å². The van der Waals surface area contributed by atoms with Gasteiger partial charge in [-0.25, -0.2) is 0 Å². The molecule has 2 nitrogen and oxygen atoms in total. The molecule has 0 radical (unpaired) electrons. The Morgan fingerprint density at radius 2 is 1.88 bits per heavy atom. The van der Waals surface area contributed by atoms with Gasteiger partial charge in [0.1, 0.15) is 7.11 Å². The molecular formula is C21H29Cl2NO. The molecule has 25 heavy (non-hydrogen) atoms. The van der Waals surface area contributed by atoms with Gasteiger partial charge in [0, 0.05) is 10.6 Å². The number of nitrogens with zero attached hydrogens (tertiary/aromatic N) is 1. The van der Waals surface area contributed by atoms with Crippen LogP contribution >= 0.6 is 23.2 Å². The molecule has 0 bridgehead atoms. The van der Waals surface area contributed by atoms with Crippen LogP contribution in [0.2, 0.25) is 10.0 Å². The summed E-state index contributed by atoms with van der Waals surface area (Å²) in [7, 11) is 1.61. The summed E-state index contributed by atoms with van der Waals surface area (Å²) in [5, 5.41) is 5.93. The summed E-state index contributed by atoms with van der Waals surface area (Å²) >= 11 is 13.6. The lowest BCUT2D eigenvalue weighted by Crippen LogP contribution is -2.49. The van der Waals surface area contributed by atoms with Gasteiger partial charge in [0.15, 0.2) is 0 Å². The van der Waals surface area contributed by atoms with Crippen molar-refractivity contribution in [1.82, 2.24) is 0 Å². The molecule has 0 aromatic heterocycles. The van der Waals surface area contributed by atoms with E-state index >= 15 is 0 Å². The monoisotopic (exact) mass is 381 g/mol. The molecule has 1 saturated carbocycles. The third-order valence-electron chi connectivity index (χ3n) is 6.56. The summed E-state index contributed by atoms with van der Waals surface area (Å²) in [5.74, 6) is 0.773. The van der Waals surface area contributed by atoms with E-state index in [1.807, 2.05) is 0 Å². The van der Waals surface area contributed by atoms with E-state index in [1.54, 1.807) is 7.11 Å². The van der Waals surface area contributed by atoms with E-state index in [9.17, 15) is 0 Å². The normalized spacial score (nSPS) is 29.5. The van der Waals surface area contributed by atoms with Crippen molar-refractivity contribution < 1.29 is 4.84 Å². The van der Waals surface area contributed by atoms with Crippen LogP contribution in [0.4, 0.5) is 0 Å². The predicted molar refractivity (Wildman–Crippen MR) is 107 cm³/mol. The van der Waals surface area contributed by atoms with E-state index in [1.165, 1.54) is 24.8 Å². The molecule has 0 saturated heterocycles. The molecule has 0 N–H and O–H groups in total. The zero-order valence-corrected chi connectivity index (χ0v) is 17.7. The Morgan fingerprint density at radius 3 is 2.48 bits per heavy atom. The van der Waals surface area contributed by atoms with Crippen molar-refractivity contribution in [1.29, 1.82) is 0 Å². The van der Waals surface area contributed by atoms with E-state index < -0.39 is 0 Å². The Bertz CT molecular complexity index is 723. The lowest BCUT2D eigenvalue weighted by atomic mass is 9.50. The molecule has 2 atom stereocenters. The second-order valence-electron chi connectivity index (χ2n) is 8.90. The maximum absolute atomic E-state index is 6.90. The van der Waals surface area contributed by atoms with Crippen LogP contribution in [0.1, 0.15) is 82.9 Å². The van der Waals surface area contributed by atoms with Crippen LogP contribution in [0.5, 0.6) is 0 Å². The SMILES string of the molecule is CO/N=C1\C[C@H]2C(C)(C)CCC[C@]2(C)c2cc(Cl)c(C(C)C)c(Cl)c21. The van der Waals surface area contributed by atoms with Gasteiger partial charge in [-0.3, -0.25) is 0 Å². The number of rotatable bonds is 2. The minimum atomic E-state index is 0.0760. The van der Waals surface area contributed by atoms with Gasteiger partial charge >= 0.3 is 0 Å². The van der Waals surface area contributed by atoms with Gasteiger partial charge in [-0.15, -0.1) is 0 Å². The summed E-state index contributed by atoms with van der Waals surface area (Å²) in [4.78, 5) is 5.20. The van der Waals surface area contributed by atoms with Gasteiger partial charge in [-0.2, -0.15) is 0 Å². The maximum atomic E-state index is 6.90. The molecule has 0 amide bonds. The maximum Gasteiger partial charge on any atom is 0.106 e. The van der Waals surface area contributed by atoms with Crippen molar-refractivity contribution in [2.24, 2.45) is 16.5 Å². The second kappa shape index (κ2) is 6.46. The zero-order valence-electron chi connectivity index (χ0n) is 16.2. The van der Waals surface area contributed by atoms with E-state index in [-0.39, 0.29) is 16.7 Å². The van der Waals surface area contributed by atoms with Crippen molar-refractivity contribution in [3.8, 4) is 0 Å². The van der Waals surface area contributed by atoms with E-state index in [0.29, 0.717) is 5.92 Å². The molecule has 0 unspecified atom stereocenters. The minimum absolute atomic E-state index is 0.0760. The van der Waals surface area contributed by atoms with Crippen LogP contribution < -0.4 is 0 Å². The average molecular weight is 382 g/mol. The van der Waals surface area contributed by atoms with Gasteiger partial charge < -0.3 is 4.84 Å². The van der Waals surface area contributed by atoms with Gasteiger partial charge in [0.05, 0.1) is 10.7 Å². The summed E-state index contributed by atoms with van der Waals surface area (Å²) in [6.07, 6.45) is 4.55. The average Bonchev–Trinajstić information content (AvgIpc) is 2.48. The summed E-state index contributed by atoms with van der Waals surface area (Å²) in [5.41, 5.74) is 4.64. The van der Waals surface area contributed by atoms with Gasteiger partial charge in [0.25, 0.3) is 0 Å². The molecule has 1 aromatic rings. The zero-order chi connectivity index (χ0) is 18.6. The Morgan fingerprint density at radius 1 is 1.20 bits per heavy atom. The molecule has 1 fully saturated rings. The number of hydrogen-bond donors (Lipinski definition) is 0. The van der Waals surface area contributed by atoms with Crippen molar-refractivity contribution in [2.45, 2.75) is 71.6 Å². The van der Waals surface area contributed by atoms with E-state index in [0.717, 1.165) is 33.3 Å². The fourth-order valence-electron chi connectivity index (χ4n) is 5.33. The molecule has 0 aliphatic heterocycles. The summed E-state index contributed by atoms with van der Waals surface area (Å²) < 4.78 is 0. The summed E-state index contributed by atoms with van der Waals surface area (Å²) in [6.45, 7) is 11.4. The predicted octanol–water partition coefficient (Wildman–Crippen LogP) is 6.96. The second-order valence-corrected chi connectivity index (χ2v) is 9.69. The Labute approximate surface area is 161 Å². The van der Waals surface area contributed by atoms with Crippen molar-refractivity contribution in [3.63, 3.8) is 0 Å². The molecule has 3 rings (SSSR count). The standard InChI is InChI=1S/C21H29Cl2NO/c1-12(2)17-14(22)10-13-18(19(17)23)15(24-25-6)11-16-20(3,4)8-7-9-21(13,16)5/h10,12,16H,7-9,11H2,1-6H3/b24-15+/t16-,21+/m0/s1. The first-order chi connectivity index (χ1) is 11.6. The van der Waals surface area contributed by atoms with E-state index in [2.05, 4.69) is 45.8 Å². The Hall–Kier alpha value is -0.730. The van der Waals surface area contributed by atoms with Crippen LogP contribution in [0.25, 0.3) is 0 Å². The number of hydrogen-bond acceptors (Lipinski definition) is 2. The first kappa shape index (κ1) is 19.0. The molecular weight excluding hydrogens is 353 g/mol. The number of oxime groups is 1. The number of fused-ring (bicyclic) bond motifs is 3. The number of benzene rings is 1. The molecule has 1 aromatic carbocycles. The van der Waals surface area contributed by atoms with Crippen molar-refractivity contribution in [2.75, 3.05) is 7.11 Å².